The minimum atomic E-state index is 0.120. The van der Waals surface area contributed by atoms with Gasteiger partial charge in [-0.3, -0.25) is 0 Å². The summed E-state index contributed by atoms with van der Waals surface area (Å²) in [6.45, 7) is 1.68. The van der Waals surface area contributed by atoms with Crippen molar-refractivity contribution in [2.24, 2.45) is 11.7 Å². The molecule has 88 valence electrons. The van der Waals surface area contributed by atoms with Crippen molar-refractivity contribution in [3.8, 4) is 5.75 Å². The molecule has 1 heterocycles. The Bertz CT molecular complexity index is 317. The van der Waals surface area contributed by atoms with Crippen LogP contribution in [0.25, 0.3) is 0 Å². The highest BCUT2D eigenvalue weighted by molar-refractivity contribution is 5.29. The van der Waals surface area contributed by atoms with Crippen molar-refractivity contribution in [1.82, 2.24) is 0 Å². The first-order chi connectivity index (χ1) is 7.81. The van der Waals surface area contributed by atoms with E-state index in [1.807, 2.05) is 12.1 Å². The van der Waals surface area contributed by atoms with Gasteiger partial charge in [0.15, 0.2) is 0 Å². The predicted octanol–water partition coefficient (Wildman–Crippen LogP) is 2.12. The topological polar surface area (TPSA) is 44.5 Å². The zero-order valence-electron chi connectivity index (χ0n) is 9.69. The summed E-state index contributed by atoms with van der Waals surface area (Å²) in [5.74, 6) is 1.42. The van der Waals surface area contributed by atoms with E-state index >= 15 is 0 Å². The summed E-state index contributed by atoms with van der Waals surface area (Å²) in [5.41, 5.74) is 7.45. The second-order valence-electron chi connectivity index (χ2n) is 4.25. The molecule has 1 aromatic carbocycles. The second kappa shape index (κ2) is 5.32. The molecule has 1 aliphatic heterocycles. The number of benzene rings is 1. The maximum atomic E-state index is 6.26. The molecule has 1 saturated heterocycles. The van der Waals surface area contributed by atoms with Gasteiger partial charge in [0.25, 0.3) is 0 Å². The van der Waals surface area contributed by atoms with Crippen molar-refractivity contribution >= 4 is 0 Å². The summed E-state index contributed by atoms with van der Waals surface area (Å²) in [4.78, 5) is 0. The number of methoxy groups -OCH3 is 1. The fourth-order valence-electron chi connectivity index (χ4n) is 2.17. The highest BCUT2D eigenvalue weighted by atomic mass is 16.5. The minimum Gasteiger partial charge on any atom is -0.497 e. The lowest BCUT2D eigenvalue weighted by molar-refractivity contribution is 0.0584. The number of hydrogen-bond donors (Lipinski definition) is 1. The summed E-state index contributed by atoms with van der Waals surface area (Å²) >= 11 is 0. The molecule has 0 saturated carbocycles. The van der Waals surface area contributed by atoms with Gasteiger partial charge >= 0.3 is 0 Å². The Labute approximate surface area is 96.5 Å². The van der Waals surface area contributed by atoms with Gasteiger partial charge in [0.1, 0.15) is 5.75 Å². The molecule has 2 rings (SSSR count). The molecule has 1 aliphatic rings. The van der Waals surface area contributed by atoms with Gasteiger partial charge in [-0.05, 0) is 36.5 Å². The molecule has 0 aliphatic carbocycles. The van der Waals surface area contributed by atoms with Crippen molar-refractivity contribution in [3.63, 3.8) is 0 Å². The van der Waals surface area contributed by atoms with E-state index < -0.39 is 0 Å². The van der Waals surface area contributed by atoms with E-state index in [0.717, 1.165) is 31.8 Å². The van der Waals surface area contributed by atoms with Crippen molar-refractivity contribution in [1.29, 1.82) is 0 Å². The van der Waals surface area contributed by atoms with Crippen LogP contribution in [0.15, 0.2) is 24.3 Å². The van der Waals surface area contributed by atoms with Crippen molar-refractivity contribution in [3.05, 3.63) is 29.8 Å². The van der Waals surface area contributed by atoms with Crippen molar-refractivity contribution < 1.29 is 9.47 Å². The Balaban J connectivity index is 2.04. The summed E-state index contributed by atoms with van der Waals surface area (Å²) in [7, 11) is 1.67. The van der Waals surface area contributed by atoms with Gasteiger partial charge < -0.3 is 15.2 Å². The Morgan fingerprint density at radius 2 is 1.88 bits per heavy atom. The first-order valence-corrected chi connectivity index (χ1v) is 5.78. The van der Waals surface area contributed by atoms with Gasteiger partial charge in [-0.1, -0.05) is 12.1 Å². The maximum Gasteiger partial charge on any atom is 0.118 e. The van der Waals surface area contributed by atoms with E-state index in [1.165, 1.54) is 5.56 Å². The molecule has 3 nitrogen and oxygen atoms in total. The van der Waals surface area contributed by atoms with Crippen LogP contribution < -0.4 is 10.5 Å². The number of rotatable bonds is 3. The fourth-order valence-corrected chi connectivity index (χ4v) is 2.17. The smallest absolute Gasteiger partial charge is 0.118 e. The second-order valence-corrected chi connectivity index (χ2v) is 4.25. The summed E-state index contributed by atoms with van der Waals surface area (Å²) in [6.07, 6.45) is 2.13. The van der Waals surface area contributed by atoms with E-state index in [4.69, 9.17) is 15.2 Å². The van der Waals surface area contributed by atoms with E-state index in [2.05, 4.69) is 12.1 Å². The van der Waals surface area contributed by atoms with Crippen LogP contribution in [0.1, 0.15) is 24.4 Å². The Morgan fingerprint density at radius 3 is 2.44 bits per heavy atom. The molecule has 3 heteroatoms. The molecule has 0 radical (unpaired) electrons. The van der Waals surface area contributed by atoms with Crippen LogP contribution >= 0.6 is 0 Å². The standard InChI is InChI=1S/C13H19NO2/c1-15-12-4-2-10(3-5-12)13(14)11-6-8-16-9-7-11/h2-5,11,13H,6-9,14H2,1H3/t13-/m0/s1. The minimum absolute atomic E-state index is 0.120. The summed E-state index contributed by atoms with van der Waals surface area (Å²) in [5, 5.41) is 0. The third-order valence-corrected chi connectivity index (χ3v) is 3.27. The molecule has 1 atom stereocenters. The van der Waals surface area contributed by atoms with Gasteiger partial charge in [-0.15, -0.1) is 0 Å². The van der Waals surface area contributed by atoms with Crippen LogP contribution in [0, 0.1) is 5.92 Å². The molecular formula is C13H19NO2. The lowest BCUT2D eigenvalue weighted by Crippen LogP contribution is -2.27. The molecule has 0 amide bonds. The highest BCUT2D eigenvalue weighted by Crippen LogP contribution is 2.28. The first-order valence-electron chi connectivity index (χ1n) is 5.78. The molecule has 0 spiro atoms. The van der Waals surface area contributed by atoms with E-state index in [-0.39, 0.29) is 6.04 Å². The molecule has 16 heavy (non-hydrogen) atoms. The van der Waals surface area contributed by atoms with Gasteiger partial charge in [0.2, 0.25) is 0 Å². The predicted molar refractivity (Wildman–Crippen MR) is 63.5 cm³/mol. The zero-order valence-corrected chi connectivity index (χ0v) is 9.69. The van der Waals surface area contributed by atoms with Crippen LogP contribution in [-0.2, 0) is 4.74 Å². The van der Waals surface area contributed by atoms with Crippen LogP contribution in [0.3, 0.4) is 0 Å². The van der Waals surface area contributed by atoms with Crippen molar-refractivity contribution in [2.75, 3.05) is 20.3 Å². The molecule has 0 bridgehead atoms. The molecular weight excluding hydrogens is 202 g/mol. The normalized spacial score (nSPS) is 19.4. The maximum absolute atomic E-state index is 6.26. The highest BCUT2D eigenvalue weighted by Gasteiger charge is 2.21. The molecule has 2 N–H and O–H groups in total. The monoisotopic (exact) mass is 221 g/mol. The third kappa shape index (κ3) is 2.54. The molecule has 0 aromatic heterocycles. The van der Waals surface area contributed by atoms with Crippen LogP contribution in [-0.4, -0.2) is 20.3 Å². The average molecular weight is 221 g/mol. The largest absolute Gasteiger partial charge is 0.497 e. The number of ether oxygens (including phenoxy) is 2. The van der Waals surface area contributed by atoms with E-state index in [0.29, 0.717) is 5.92 Å². The van der Waals surface area contributed by atoms with Gasteiger partial charge in [0.05, 0.1) is 7.11 Å². The van der Waals surface area contributed by atoms with Crippen molar-refractivity contribution in [2.45, 2.75) is 18.9 Å². The summed E-state index contributed by atoms with van der Waals surface area (Å²) < 4.78 is 10.5. The molecule has 0 unspecified atom stereocenters. The average Bonchev–Trinajstić information content (AvgIpc) is 2.39. The van der Waals surface area contributed by atoms with Crippen LogP contribution in [0.5, 0.6) is 5.75 Å². The van der Waals surface area contributed by atoms with E-state index in [9.17, 15) is 0 Å². The Kier molecular flexibility index (Phi) is 3.80. The fraction of sp³-hybridized carbons (Fsp3) is 0.538. The first kappa shape index (κ1) is 11.4. The Morgan fingerprint density at radius 1 is 1.25 bits per heavy atom. The Hall–Kier alpha value is -1.06. The van der Waals surface area contributed by atoms with Gasteiger partial charge in [-0.2, -0.15) is 0 Å². The van der Waals surface area contributed by atoms with Gasteiger partial charge in [-0.25, -0.2) is 0 Å². The molecule has 1 aromatic rings. The zero-order chi connectivity index (χ0) is 11.4. The van der Waals surface area contributed by atoms with E-state index in [1.54, 1.807) is 7.11 Å². The molecule has 1 fully saturated rings. The lowest BCUT2D eigenvalue weighted by Gasteiger charge is -2.27. The summed E-state index contributed by atoms with van der Waals surface area (Å²) in [6, 6.07) is 8.16. The quantitative estimate of drug-likeness (QED) is 0.850. The lowest BCUT2D eigenvalue weighted by atomic mass is 9.88. The van der Waals surface area contributed by atoms with Crippen LogP contribution in [0.2, 0.25) is 0 Å². The van der Waals surface area contributed by atoms with Crippen LogP contribution in [0.4, 0.5) is 0 Å². The number of nitrogens with two attached hydrogens (primary N) is 1. The number of hydrogen-bond acceptors (Lipinski definition) is 3. The SMILES string of the molecule is COc1ccc([C@H](N)C2CCOCC2)cc1. The third-order valence-electron chi connectivity index (χ3n) is 3.27. The van der Waals surface area contributed by atoms with Gasteiger partial charge in [0, 0.05) is 19.3 Å².